The molecule has 2 N–H and O–H groups in total. The molecule has 0 radical (unpaired) electrons. The molecule has 90 valence electrons. The molecule has 0 unspecified atom stereocenters. The average molecular weight is 243 g/mol. The second-order valence-electron chi connectivity index (χ2n) is 3.61. The number of pyridine rings is 1. The van der Waals surface area contributed by atoms with Crippen LogP contribution in [0.3, 0.4) is 0 Å². The number of aromatic nitrogens is 1. The van der Waals surface area contributed by atoms with Gasteiger partial charge in [-0.05, 0) is 41.5 Å². The van der Waals surface area contributed by atoms with Crippen molar-refractivity contribution in [3.63, 3.8) is 0 Å². The van der Waals surface area contributed by atoms with E-state index in [0.717, 1.165) is 0 Å². The van der Waals surface area contributed by atoms with Crippen molar-refractivity contribution in [1.29, 1.82) is 0 Å². The number of benzene rings is 1. The molecule has 0 spiro atoms. The highest BCUT2D eigenvalue weighted by Gasteiger charge is 2.14. The summed E-state index contributed by atoms with van der Waals surface area (Å²) in [5.41, 5.74) is 1.09. The Morgan fingerprint density at radius 3 is 2.17 bits per heavy atom. The molecule has 18 heavy (non-hydrogen) atoms. The molecule has 0 fully saturated rings. The van der Waals surface area contributed by atoms with E-state index in [1.807, 2.05) is 0 Å². The van der Waals surface area contributed by atoms with Crippen molar-refractivity contribution in [3.05, 3.63) is 53.9 Å². The Labute approximate surface area is 102 Å². The van der Waals surface area contributed by atoms with Crippen LogP contribution in [0.15, 0.2) is 42.7 Å². The molecule has 0 saturated carbocycles. The zero-order valence-corrected chi connectivity index (χ0v) is 9.20. The van der Waals surface area contributed by atoms with Gasteiger partial charge >= 0.3 is 11.9 Å². The summed E-state index contributed by atoms with van der Waals surface area (Å²) in [6, 6.07) is 7.18. The third-order valence-electron chi connectivity index (χ3n) is 2.49. The van der Waals surface area contributed by atoms with Crippen LogP contribution >= 0.6 is 0 Å². The lowest BCUT2D eigenvalue weighted by Gasteiger charge is -2.07. The number of rotatable bonds is 3. The lowest BCUT2D eigenvalue weighted by Crippen LogP contribution is -2.03. The van der Waals surface area contributed by atoms with E-state index in [4.69, 9.17) is 10.2 Å². The highest BCUT2D eigenvalue weighted by molar-refractivity contribution is 5.99. The van der Waals surface area contributed by atoms with Crippen LogP contribution in [0.25, 0.3) is 11.1 Å². The number of carbonyl (C=O) groups is 2. The van der Waals surface area contributed by atoms with Crippen LogP contribution in [-0.2, 0) is 0 Å². The number of nitrogens with zero attached hydrogens (tertiary/aromatic N) is 1. The van der Waals surface area contributed by atoms with E-state index < -0.39 is 11.9 Å². The van der Waals surface area contributed by atoms with Crippen LogP contribution in [-0.4, -0.2) is 27.1 Å². The predicted molar refractivity (Wildman–Crippen MR) is 63.6 cm³/mol. The first-order valence-corrected chi connectivity index (χ1v) is 5.10. The van der Waals surface area contributed by atoms with Crippen molar-refractivity contribution in [1.82, 2.24) is 4.98 Å². The first-order chi connectivity index (χ1) is 8.59. The molecule has 1 heterocycles. The molecule has 0 aliphatic heterocycles. The van der Waals surface area contributed by atoms with Crippen LogP contribution in [0, 0.1) is 0 Å². The summed E-state index contributed by atoms with van der Waals surface area (Å²) in [5.74, 6) is -2.19. The number of carboxylic acids is 2. The van der Waals surface area contributed by atoms with Gasteiger partial charge in [-0.25, -0.2) is 9.59 Å². The summed E-state index contributed by atoms with van der Waals surface area (Å²) >= 11 is 0. The summed E-state index contributed by atoms with van der Waals surface area (Å²) in [6.45, 7) is 0. The Balaban J connectivity index is 2.65. The monoisotopic (exact) mass is 243 g/mol. The lowest BCUT2D eigenvalue weighted by molar-refractivity contribution is 0.0682. The van der Waals surface area contributed by atoms with Crippen LogP contribution in [0.5, 0.6) is 0 Å². The van der Waals surface area contributed by atoms with Gasteiger partial charge in [0.2, 0.25) is 0 Å². The number of hydrogen-bond acceptors (Lipinski definition) is 3. The summed E-state index contributed by atoms with van der Waals surface area (Å²) in [4.78, 5) is 25.9. The molecule has 0 amide bonds. The molecule has 5 nitrogen and oxygen atoms in total. The fourth-order valence-electron chi connectivity index (χ4n) is 1.63. The highest BCUT2D eigenvalue weighted by atomic mass is 16.4. The largest absolute Gasteiger partial charge is 0.478 e. The van der Waals surface area contributed by atoms with Crippen LogP contribution in [0.4, 0.5) is 0 Å². The average Bonchev–Trinajstić information content (AvgIpc) is 2.39. The van der Waals surface area contributed by atoms with E-state index in [1.165, 1.54) is 30.6 Å². The van der Waals surface area contributed by atoms with Gasteiger partial charge in [0, 0.05) is 12.4 Å². The second-order valence-corrected chi connectivity index (χ2v) is 3.61. The van der Waals surface area contributed by atoms with Gasteiger partial charge in [0.15, 0.2) is 0 Å². The van der Waals surface area contributed by atoms with Gasteiger partial charge in [0.25, 0.3) is 0 Å². The third kappa shape index (κ3) is 2.20. The number of aromatic carboxylic acids is 2. The van der Waals surface area contributed by atoms with Gasteiger partial charge < -0.3 is 10.2 Å². The molecular weight excluding hydrogens is 234 g/mol. The summed E-state index contributed by atoms with van der Waals surface area (Å²) in [5, 5.41) is 18.0. The Kier molecular flexibility index (Phi) is 3.05. The normalized spacial score (nSPS) is 10.0. The minimum absolute atomic E-state index is 0.0480. The molecule has 0 aliphatic rings. The van der Waals surface area contributed by atoms with Crippen LogP contribution < -0.4 is 0 Å². The van der Waals surface area contributed by atoms with E-state index in [-0.39, 0.29) is 11.1 Å². The van der Waals surface area contributed by atoms with Crippen molar-refractivity contribution in [2.75, 3.05) is 0 Å². The Hall–Kier alpha value is -2.69. The maximum atomic E-state index is 11.1. The van der Waals surface area contributed by atoms with Gasteiger partial charge in [-0.3, -0.25) is 4.98 Å². The molecule has 5 heteroatoms. The Morgan fingerprint density at radius 2 is 1.61 bits per heavy atom. The third-order valence-corrected chi connectivity index (χ3v) is 2.49. The van der Waals surface area contributed by atoms with Crippen molar-refractivity contribution in [2.45, 2.75) is 0 Å². The van der Waals surface area contributed by atoms with Crippen LogP contribution in [0.1, 0.15) is 20.7 Å². The fraction of sp³-hybridized carbons (Fsp3) is 0. The van der Waals surface area contributed by atoms with E-state index in [1.54, 1.807) is 12.1 Å². The fourth-order valence-corrected chi connectivity index (χ4v) is 1.63. The van der Waals surface area contributed by atoms with Gasteiger partial charge in [-0.15, -0.1) is 0 Å². The first kappa shape index (κ1) is 11.8. The second kappa shape index (κ2) is 4.67. The summed E-state index contributed by atoms with van der Waals surface area (Å²) in [6.07, 6.45) is 3.04. The van der Waals surface area contributed by atoms with Crippen molar-refractivity contribution >= 4 is 11.9 Å². The molecule has 0 aliphatic carbocycles. The molecule has 0 atom stereocenters. The van der Waals surface area contributed by atoms with E-state index in [0.29, 0.717) is 11.1 Å². The topological polar surface area (TPSA) is 87.5 Å². The van der Waals surface area contributed by atoms with E-state index in [2.05, 4.69) is 4.98 Å². The molecule has 1 aromatic heterocycles. The minimum atomic E-state index is -1.10. The smallest absolute Gasteiger partial charge is 0.336 e. The molecular formula is C13H9NO4. The molecule has 2 rings (SSSR count). The maximum Gasteiger partial charge on any atom is 0.336 e. The Morgan fingerprint density at radius 1 is 0.944 bits per heavy atom. The van der Waals surface area contributed by atoms with Crippen molar-refractivity contribution in [3.8, 4) is 11.1 Å². The van der Waals surface area contributed by atoms with Gasteiger partial charge in [0.05, 0.1) is 11.1 Å². The molecule has 2 aromatic rings. The summed E-state index contributed by atoms with van der Waals surface area (Å²) < 4.78 is 0. The molecule has 0 saturated heterocycles. The van der Waals surface area contributed by atoms with E-state index >= 15 is 0 Å². The lowest BCUT2D eigenvalue weighted by atomic mass is 9.98. The zero-order chi connectivity index (χ0) is 13.1. The van der Waals surface area contributed by atoms with Crippen LogP contribution in [0.2, 0.25) is 0 Å². The standard InChI is InChI=1S/C13H9NO4/c15-12(16)9-1-2-10(13(17)18)11(7-9)8-3-5-14-6-4-8/h1-7H,(H,15,16)(H,17,18). The Bertz CT molecular complexity index is 608. The first-order valence-electron chi connectivity index (χ1n) is 5.10. The zero-order valence-electron chi connectivity index (χ0n) is 9.20. The quantitative estimate of drug-likeness (QED) is 0.862. The maximum absolute atomic E-state index is 11.1. The predicted octanol–water partition coefficient (Wildman–Crippen LogP) is 2.15. The highest BCUT2D eigenvalue weighted by Crippen LogP contribution is 2.24. The van der Waals surface area contributed by atoms with Gasteiger partial charge in [0.1, 0.15) is 0 Å². The van der Waals surface area contributed by atoms with Crippen molar-refractivity contribution < 1.29 is 19.8 Å². The number of hydrogen-bond donors (Lipinski definition) is 2. The van der Waals surface area contributed by atoms with Gasteiger partial charge in [-0.1, -0.05) is 0 Å². The molecule has 0 bridgehead atoms. The minimum Gasteiger partial charge on any atom is -0.478 e. The number of carboxylic acid groups (broad SMARTS) is 2. The SMILES string of the molecule is O=C(O)c1ccc(C(=O)O)c(-c2ccncc2)c1. The van der Waals surface area contributed by atoms with Gasteiger partial charge in [-0.2, -0.15) is 0 Å². The molecule has 1 aromatic carbocycles. The van der Waals surface area contributed by atoms with E-state index in [9.17, 15) is 9.59 Å². The van der Waals surface area contributed by atoms with Crippen molar-refractivity contribution in [2.24, 2.45) is 0 Å². The summed E-state index contributed by atoms with van der Waals surface area (Å²) in [7, 11) is 0.